The average molecular weight is 482 g/mol. The zero-order valence-electron chi connectivity index (χ0n) is 20.2. The molecule has 2 aromatic heterocycles. The van der Waals surface area contributed by atoms with Crippen LogP contribution >= 0.6 is 0 Å². The molecule has 0 atom stereocenters. The Morgan fingerprint density at radius 1 is 1.06 bits per heavy atom. The van der Waals surface area contributed by atoms with E-state index in [9.17, 15) is 9.59 Å². The highest BCUT2D eigenvalue weighted by atomic mass is 16.5. The predicted molar refractivity (Wildman–Crippen MR) is 131 cm³/mol. The molecule has 0 saturated heterocycles. The maximum absolute atomic E-state index is 13.1. The van der Waals surface area contributed by atoms with Gasteiger partial charge in [-0.05, 0) is 37.8 Å². The van der Waals surface area contributed by atoms with Gasteiger partial charge >= 0.3 is 0 Å². The summed E-state index contributed by atoms with van der Waals surface area (Å²) in [4.78, 5) is 36.4. The molecule has 4 rings (SSSR count). The summed E-state index contributed by atoms with van der Waals surface area (Å²) in [5, 5.41) is 6.08. The third-order valence-corrected chi connectivity index (χ3v) is 6.17. The molecule has 3 aromatic rings. The highest BCUT2D eigenvalue weighted by molar-refractivity contribution is 6.08. The normalized spacial score (nSPS) is 17.7. The number of rotatable bonds is 9. The van der Waals surface area contributed by atoms with Gasteiger partial charge < -0.3 is 29.8 Å². The quantitative estimate of drug-likeness (QED) is 0.401. The van der Waals surface area contributed by atoms with Gasteiger partial charge in [-0.2, -0.15) is 0 Å². The standard InChI is InChI=1S/C25H31N5O5/c1-15(31)29-16-4-6-17(7-5-16)30-25(32)20-13-26-24-22(27-14-28-23(20)24)19-9-8-18(34-3)12-21(19)35-11-10-33-2/h8-9,12-14,16-17,26H,4-7,10-11H2,1-3H3,(H,29,31)(H,30,32)/t16-,17+. The van der Waals surface area contributed by atoms with Crippen molar-refractivity contribution in [3.63, 3.8) is 0 Å². The summed E-state index contributed by atoms with van der Waals surface area (Å²) in [7, 11) is 3.21. The average Bonchev–Trinajstić information content (AvgIpc) is 3.30. The van der Waals surface area contributed by atoms with E-state index < -0.39 is 0 Å². The molecule has 0 bridgehead atoms. The Hall–Kier alpha value is -3.66. The van der Waals surface area contributed by atoms with Crippen molar-refractivity contribution in [1.29, 1.82) is 0 Å². The Labute approximate surface area is 203 Å². The summed E-state index contributed by atoms with van der Waals surface area (Å²) in [6.07, 6.45) is 6.42. The van der Waals surface area contributed by atoms with E-state index in [0.29, 0.717) is 47.0 Å². The SMILES string of the molecule is COCCOc1cc(OC)ccc1-c1ncnc2c(C(=O)N[C@H]3CC[C@@H](NC(C)=O)CC3)c[nH]c12. The molecule has 0 aliphatic heterocycles. The molecule has 2 amide bonds. The number of methoxy groups -OCH3 is 2. The molecule has 10 heteroatoms. The van der Waals surface area contributed by atoms with Gasteiger partial charge in [-0.25, -0.2) is 9.97 Å². The van der Waals surface area contributed by atoms with E-state index in [1.165, 1.54) is 13.3 Å². The van der Waals surface area contributed by atoms with Gasteiger partial charge in [-0.3, -0.25) is 9.59 Å². The summed E-state index contributed by atoms with van der Waals surface area (Å²) in [6, 6.07) is 5.74. The lowest BCUT2D eigenvalue weighted by atomic mass is 9.91. The molecular weight excluding hydrogens is 450 g/mol. The Kier molecular flexibility index (Phi) is 7.81. The first-order chi connectivity index (χ1) is 17.0. The zero-order chi connectivity index (χ0) is 24.8. The Balaban J connectivity index is 1.55. The third kappa shape index (κ3) is 5.71. The first kappa shape index (κ1) is 24.5. The number of fused-ring (bicyclic) bond motifs is 1. The molecule has 0 radical (unpaired) electrons. The molecule has 1 saturated carbocycles. The van der Waals surface area contributed by atoms with Crippen LogP contribution in [0, 0.1) is 0 Å². The summed E-state index contributed by atoms with van der Waals surface area (Å²) >= 11 is 0. The lowest BCUT2D eigenvalue weighted by molar-refractivity contribution is -0.119. The second-order valence-corrected chi connectivity index (χ2v) is 8.57. The molecule has 3 N–H and O–H groups in total. The minimum atomic E-state index is -0.185. The highest BCUT2D eigenvalue weighted by Crippen LogP contribution is 2.36. The van der Waals surface area contributed by atoms with Crippen LogP contribution in [0.4, 0.5) is 0 Å². The Morgan fingerprint density at radius 3 is 2.49 bits per heavy atom. The summed E-state index contributed by atoms with van der Waals surface area (Å²) in [5.74, 6) is 1.05. The van der Waals surface area contributed by atoms with Crippen molar-refractivity contribution in [3.8, 4) is 22.8 Å². The van der Waals surface area contributed by atoms with Gasteiger partial charge in [-0.1, -0.05) is 0 Å². The molecule has 10 nitrogen and oxygen atoms in total. The van der Waals surface area contributed by atoms with E-state index in [2.05, 4.69) is 25.6 Å². The van der Waals surface area contributed by atoms with Crippen LogP contribution in [-0.4, -0.2) is 66.3 Å². The minimum Gasteiger partial charge on any atom is -0.497 e. The van der Waals surface area contributed by atoms with Crippen LogP contribution in [0.5, 0.6) is 11.5 Å². The van der Waals surface area contributed by atoms with Crippen molar-refractivity contribution < 1.29 is 23.8 Å². The van der Waals surface area contributed by atoms with Crippen molar-refractivity contribution in [3.05, 3.63) is 36.3 Å². The fourth-order valence-corrected chi connectivity index (χ4v) is 4.43. The van der Waals surface area contributed by atoms with Gasteiger partial charge in [0, 0.05) is 43.9 Å². The summed E-state index contributed by atoms with van der Waals surface area (Å²) < 4.78 is 16.4. The van der Waals surface area contributed by atoms with Crippen molar-refractivity contribution in [2.24, 2.45) is 0 Å². The smallest absolute Gasteiger partial charge is 0.255 e. The number of hydrogen-bond acceptors (Lipinski definition) is 7. The lowest BCUT2D eigenvalue weighted by Crippen LogP contribution is -2.43. The van der Waals surface area contributed by atoms with Gasteiger partial charge in [-0.15, -0.1) is 0 Å². The number of ether oxygens (including phenoxy) is 3. The van der Waals surface area contributed by atoms with Crippen LogP contribution in [0.1, 0.15) is 43.0 Å². The first-order valence-corrected chi connectivity index (χ1v) is 11.7. The van der Waals surface area contributed by atoms with Gasteiger partial charge in [0.25, 0.3) is 5.91 Å². The van der Waals surface area contributed by atoms with E-state index >= 15 is 0 Å². The van der Waals surface area contributed by atoms with Crippen LogP contribution in [0.15, 0.2) is 30.7 Å². The third-order valence-electron chi connectivity index (χ3n) is 6.17. The number of benzene rings is 1. The number of H-pyrrole nitrogens is 1. The zero-order valence-corrected chi connectivity index (χ0v) is 20.2. The van der Waals surface area contributed by atoms with Crippen LogP contribution in [-0.2, 0) is 9.53 Å². The second kappa shape index (κ2) is 11.2. The topological polar surface area (TPSA) is 127 Å². The van der Waals surface area contributed by atoms with Crippen LogP contribution in [0.25, 0.3) is 22.3 Å². The molecule has 35 heavy (non-hydrogen) atoms. The second-order valence-electron chi connectivity index (χ2n) is 8.57. The summed E-state index contributed by atoms with van der Waals surface area (Å²) in [5.41, 5.74) is 3.02. The highest BCUT2D eigenvalue weighted by Gasteiger charge is 2.25. The van der Waals surface area contributed by atoms with Crippen molar-refractivity contribution in [1.82, 2.24) is 25.6 Å². The van der Waals surface area contributed by atoms with E-state index in [1.807, 2.05) is 12.1 Å². The van der Waals surface area contributed by atoms with Gasteiger partial charge in [0.1, 0.15) is 35.6 Å². The number of hydrogen-bond donors (Lipinski definition) is 3. The van der Waals surface area contributed by atoms with Crippen LogP contribution in [0.3, 0.4) is 0 Å². The predicted octanol–water partition coefficient (Wildman–Crippen LogP) is 2.84. The molecule has 0 spiro atoms. The molecule has 1 aliphatic rings. The number of amides is 2. The van der Waals surface area contributed by atoms with Gasteiger partial charge in [0.2, 0.25) is 5.91 Å². The number of carbonyl (C=O) groups is 2. The molecule has 0 unspecified atom stereocenters. The van der Waals surface area contributed by atoms with Crippen LogP contribution in [0.2, 0.25) is 0 Å². The van der Waals surface area contributed by atoms with Crippen molar-refractivity contribution in [2.45, 2.75) is 44.7 Å². The number of aromatic amines is 1. The molecular formula is C25H31N5O5. The monoisotopic (exact) mass is 481 g/mol. The first-order valence-electron chi connectivity index (χ1n) is 11.7. The molecule has 1 aromatic carbocycles. The van der Waals surface area contributed by atoms with Gasteiger partial charge in [0.05, 0.1) is 24.8 Å². The van der Waals surface area contributed by atoms with E-state index in [-0.39, 0.29) is 23.9 Å². The number of carbonyl (C=O) groups excluding carboxylic acids is 2. The number of nitrogens with one attached hydrogen (secondary N) is 3. The molecule has 1 aliphatic carbocycles. The lowest BCUT2D eigenvalue weighted by Gasteiger charge is -2.29. The fourth-order valence-electron chi connectivity index (χ4n) is 4.43. The van der Waals surface area contributed by atoms with E-state index in [0.717, 1.165) is 31.2 Å². The van der Waals surface area contributed by atoms with Crippen molar-refractivity contribution >= 4 is 22.8 Å². The summed E-state index contributed by atoms with van der Waals surface area (Å²) in [6.45, 7) is 2.34. The van der Waals surface area contributed by atoms with E-state index in [1.54, 1.807) is 26.5 Å². The number of nitrogens with zero attached hydrogens (tertiary/aromatic N) is 2. The molecule has 2 heterocycles. The maximum Gasteiger partial charge on any atom is 0.255 e. The largest absolute Gasteiger partial charge is 0.497 e. The maximum atomic E-state index is 13.1. The molecule has 1 fully saturated rings. The van der Waals surface area contributed by atoms with Crippen LogP contribution < -0.4 is 20.1 Å². The Morgan fingerprint density at radius 2 is 1.80 bits per heavy atom. The number of aromatic nitrogens is 3. The fraction of sp³-hybridized carbons (Fsp3) is 0.440. The Bertz CT molecular complexity index is 1190. The minimum absolute atomic E-state index is 0.0177. The molecule has 186 valence electrons. The van der Waals surface area contributed by atoms with Crippen molar-refractivity contribution in [2.75, 3.05) is 27.4 Å². The van der Waals surface area contributed by atoms with E-state index in [4.69, 9.17) is 14.2 Å². The van der Waals surface area contributed by atoms with Gasteiger partial charge in [0.15, 0.2) is 0 Å².